The third kappa shape index (κ3) is 2.32. The molecule has 3 rings (SSSR count). The van der Waals surface area contributed by atoms with Crippen molar-refractivity contribution in [2.24, 2.45) is 0 Å². The minimum atomic E-state index is -0.128. The summed E-state index contributed by atoms with van der Waals surface area (Å²) < 4.78 is 11.5. The summed E-state index contributed by atoms with van der Waals surface area (Å²) in [4.78, 5) is 11.4. The van der Waals surface area contributed by atoms with Gasteiger partial charge >= 0.3 is 0 Å². The van der Waals surface area contributed by atoms with Crippen molar-refractivity contribution >= 4 is 5.82 Å². The van der Waals surface area contributed by atoms with Crippen LogP contribution in [0.1, 0.15) is 23.5 Å². The summed E-state index contributed by atoms with van der Waals surface area (Å²) in [6.45, 7) is 10.1. The smallest absolute Gasteiger partial charge is 0.135 e. The summed E-state index contributed by atoms with van der Waals surface area (Å²) in [5, 5.41) is 0. The molecular weight excluding hydrogens is 242 g/mol. The molecule has 5 nitrogen and oxygen atoms in total. The second-order valence-electron chi connectivity index (χ2n) is 5.56. The molecule has 0 aliphatic carbocycles. The van der Waals surface area contributed by atoms with Crippen LogP contribution in [0.3, 0.4) is 0 Å². The van der Waals surface area contributed by atoms with Crippen molar-refractivity contribution in [1.82, 2.24) is 9.97 Å². The summed E-state index contributed by atoms with van der Waals surface area (Å²) >= 11 is 0. The fourth-order valence-corrected chi connectivity index (χ4v) is 2.91. The maximum absolute atomic E-state index is 5.97. The largest absolute Gasteiger partial charge is 0.378 e. The molecule has 0 aromatic carbocycles. The summed E-state index contributed by atoms with van der Waals surface area (Å²) in [5.41, 5.74) is 2.10. The molecule has 1 unspecified atom stereocenters. The Balaban J connectivity index is 1.89. The van der Waals surface area contributed by atoms with Crippen LogP contribution in [0.15, 0.2) is 0 Å². The molecule has 0 saturated carbocycles. The van der Waals surface area contributed by atoms with Gasteiger partial charge in [0.05, 0.1) is 19.8 Å². The number of rotatable bonds is 1. The van der Waals surface area contributed by atoms with E-state index in [4.69, 9.17) is 9.47 Å². The molecule has 3 heterocycles. The Bertz CT molecular complexity index is 484. The van der Waals surface area contributed by atoms with E-state index in [1.165, 1.54) is 5.56 Å². The van der Waals surface area contributed by atoms with Gasteiger partial charge in [0.15, 0.2) is 0 Å². The standard InChI is InChI=1S/C14H21N3O2/c1-10-11(2)15-12(3)16-13(10)17-5-7-19-14(8-17)4-6-18-9-14/h4-9H2,1-3H3. The Morgan fingerprint density at radius 3 is 2.74 bits per heavy atom. The Hall–Kier alpha value is -1.20. The maximum Gasteiger partial charge on any atom is 0.135 e. The average Bonchev–Trinajstić information content (AvgIpc) is 2.82. The molecule has 0 radical (unpaired) electrons. The molecule has 1 aromatic rings. The van der Waals surface area contributed by atoms with Crippen LogP contribution in [0, 0.1) is 20.8 Å². The van der Waals surface area contributed by atoms with Gasteiger partial charge in [0, 0.05) is 30.8 Å². The fourth-order valence-electron chi connectivity index (χ4n) is 2.91. The molecule has 1 aromatic heterocycles. The fraction of sp³-hybridized carbons (Fsp3) is 0.714. The summed E-state index contributed by atoms with van der Waals surface area (Å²) in [6, 6.07) is 0. The van der Waals surface area contributed by atoms with Crippen molar-refractivity contribution in [3.05, 3.63) is 17.1 Å². The summed E-state index contributed by atoms with van der Waals surface area (Å²) in [6.07, 6.45) is 0.978. The van der Waals surface area contributed by atoms with Crippen LogP contribution in [0.4, 0.5) is 5.82 Å². The first-order chi connectivity index (χ1) is 9.10. The van der Waals surface area contributed by atoms with Crippen molar-refractivity contribution in [2.45, 2.75) is 32.8 Å². The van der Waals surface area contributed by atoms with E-state index >= 15 is 0 Å². The van der Waals surface area contributed by atoms with Gasteiger partial charge in [-0.3, -0.25) is 0 Å². The zero-order chi connectivity index (χ0) is 13.5. The number of hydrogen-bond acceptors (Lipinski definition) is 5. The maximum atomic E-state index is 5.97. The molecule has 104 valence electrons. The molecule has 2 saturated heterocycles. The van der Waals surface area contributed by atoms with Crippen molar-refractivity contribution in [3.63, 3.8) is 0 Å². The molecule has 2 aliphatic rings. The van der Waals surface area contributed by atoms with Crippen LogP contribution in [0.25, 0.3) is 0 Å². The topological polar surface area (TPSA) is 47.5 Å². The van der Waals surface area contributed by atoms with E-state index in [0.717, 1.165) is 50.1 Å². The number of morpholine rings is 1. The highest BCUT2D eigenvalue weighted by molar-refractivity contribution is 5.49. The van der Waals surface area contributed by atoms with E-state index in [1.807, 2.05) is 13.8 Å². The molecule has 1 spiro atoms. The molecule has 0 N–H and O–H groups in total. The predicted octanol–water partition coefficient (Wildman–Crippen LogP) is 1.40. The molecule has 5 heteroatoms. The number of anilines is 1. The Kier molecular flexibility index (Phi) is 3.19. The summed E-state index contributed by atoms with van der Waals surface area (Å²) in [7, 11) is 0. The van der Waals surface area contributed by atoms with Gasteiger partial charge in [-0.2, -0.15) is 0 Å². The normalized spacial score (nSPS) is 27.2. The number of nitrogens with zero attached hydrogens (tertiary/aromatic N) is 3. The number of ether oxygens (including phenoxy) is 2. The van der Waals surface area contributed by atoms with Gasteiger partial charge in [0.1, 0.15) is 17.2 Å². The van der Waals surface area contributed by atoms with Crippen molar-refractivity contribution in [2.75, 3.05) is 37.8 Å². The van der Waals surface area contributed by atoms with Crippen molar-refractivity contribution in [3.8, 4) is 0 Å². The van der Waals surface area contributed by atoms with Gasteiger partial charge in [0.2, 0.25) is 0 Å². The molecular formula is C14H21N3O2. The molecule has 1 atom stereocenters. The highest BCUT2D eigenvalue weighted by Crippen LogP contribution is 2.31. The number of hydrogen-bond donors (Lipinski definition) is 0. The minimum absolute atomic E-state index is 0.128. The lowest BCUT2D eigenvalue weighted by Crippen LogP contribution is -2.53. The molecule has 0 bridgehead atoms. The second-order valence-corrected chi connectivity index (χ2v) is 5.56. The lowest BCUT2D eigenvalue weighted by atomic mass is 10.0. The molecule has 2 fully saturated rings. The Morgan fingerprint density at radius 1 is 1.16 bits per heavy atom. The zero-order valence-electron chi connectivity index (χ0n) is 11.9. The van der Waals surface area contributed by atoms with E-state index in [1.54, 1.807) is 0 Å². The molecule has 2 aliphatic heterocycles. The number of aromatic nitrogens is 2. The van der Waals surface area contributed by atoms with E-state index in [9.17, 15) is 0 Å². The first kappa shape index (κ1) is 12.8. The van der Waals surface area contributed by atoms with Crippen molar-refractivity contribution < 1.29 is 9.47 Å². The number of aryl methyl sites for hydroxylation is 2. The third-order valence-electron chi connectivity index (χ3n) is 4.09. The van der Waals surface area contributed by atoms with Crippen LogP contribution in [-0.4, -0.2) is 48.5 Å². The second kappa shape index (κ2) is 4.72. The quantitative estimate of drug-likeness (QED) is 0.766. The monoisotopic (exact) mass is 263 g/mol. The van der Waals surface area contributed by atoms with E-state index in [2.05, 4.69) is 21.8 Å². The van der Waals surface area contributed by atoms with Crippen molar-refractivity contribution in [1.29, 1.82) is 0 Å². The van der Waals surface area contributed by atoms with E-state index in [0.29, 0.717) is 6.61 Å². The molecule has 0 amide bonds. The lowest BCUT2D eigenvalue weighted by molar-refractivity contribution is -0.0581. The van der Waals surface area contributed by atoms with Gasteiger partial charge in [-0.25, -0.2) is 9.97 Å². The van der Waals surface area contributed by atoms with Crippen LogP contribution < -0.4 is 4.90 Å². The van der Waals surface area contributed by atoms with Crippen LogP contribution in [-0.2, 0) is 9.47 Å². The highest BCUT2D eigenvalue weighted by atomic mass is 16.6. The Morgan fingerprint density at radius 2 is 2.00 bits per heavy atom. The predicted molar refractivity (Wildman–Crippen MR) is 72.6 cm³/mol. The van der Waals surface area contributed by atoms with Crippen LogP contribution >= 0.6 is 0 Å². The zero-order valence-corrected chi connectivity index (χ0v) is 11.9. The van der Waals surface area contributed by atoms with Gasteiger partial charge in [-0.1, -0.05) is 0 Å². The average molecular weight is 263 g/mol. The Labute approximate surface area is 113 Å². The lowest BCUT2D eigenvalue weighted by Gasteiger charge is -2.40. The van der Waals surface area contributed by atoms with Gasteiger partial charge in [-0.05, 0) is 20.8 Å². The third-order valence-corrected chi connectivity index (χ3v) is 4.09. The highest BCUT2D eigenvalue weighted by Gasteiger charge is 2.41. The minimum Gasteiger partial charge on any atom is -0.378 e. The first-order valence-electron chi connectivity index (χ1n) is 6.88. The van der Waals surface area contributed by atoms with Crippen LogP contribution in [0.5, 0.6) is 0 Å². The van der Waals surface area contributed by atoms with E-state index < -0.39 is 0 Å². The van der Waals surface area contributed by atoms with Gasteiger partial charge in [-0.15, -0.1) is 0 Å². The molecule has 19 heavy (non-hydrogen) atoms. The SMILES string of the molecule is Cc1nc(C)c(C)c(N2CCOC3(CCOC3)C2)n1. The van der Waals surface area contributed by atoms with Gasteiger partial charge < -0.3 is 14.4 Å². The van der Waals surface area contributed by atoms with Crippen LogP contribution in [0.2, 0.25) is 0 Å². The first-order valence-corrected chi connectivity index (χ1v) is 6.88. The van der Waals surface area contributed by atoms with E-state index in [-0.39, 0.29) is 5.60 Å². The van der Waals surface area contributed by atoms with Gasteiger partial charge in [0.25, 0.3) is 0 Å². The summed E-state index contributed by atoms with van der Waals surface area (Å²) in [5.74, 6) is 1.89.